The lowest BCUT2D eigenvalue weighted by molar-refractivity contribution is 0.0270. The van der Waals surface area contributed by atoms with Crippen LogP contribution in [-0.4, -0.2) is 53.0 Å². The van der Waals surface area contributed by atoms with E-state index in [1.165, 1.54) is 0 Å². The summed E-state index contributed by atoms with van der Waals surface area (Å²) in [5.41, 5.74) is -0.494. The molecule has 17 heavy (non-hydrogen) atoms. The Kier molecular flexibility index (Phi) is 4.38. The molecule has 1 amide bonds. The second kappa shape index (κ2) is 5.23. The molecule has 0 aliphatic carbocycles. The fourth-order valence-corrected chi connectivity index (χ4v) is 1.85. The SMILES string of the molecule is CC(C)N[C@@H]1CN(C(=O)OC(C)(C)C)C[C@H]1O. The van der Waals surface area contributed by atoms with E-state index in [4.69, 9.17) is 4.74 Å². The summed E-state index contributed by atoms with van der Waals surface area (Å²) in [7, 11) is 0. The quantitative estimate of drug-likeness (QED) is 0.759. The molecule has 100 valence electrons. The fraction of sp³-hybridized carbons (Fsp3) is 0.917. The molecule has 1 rings (SSSR count). The third-order valence-electron chi connectivity index (χ3n) is 2.49. The van der Waals surface area contributed by atoms with Crippen LogP contribution in [0.5, 0.6) is 0 Å². The van der Waals surface area contributed by atoms with Gasteiger partial charge in [0, 0.05) is 12.6 Å². The van der Waals surface area contributed by atoms with E-state index in [1.807, 2.05) is 34.6 Å². The van der Waals surface area contributed by atoms with Crippen molar-refractivity contribution in [1.82, 2.24) is 10.2 Å². The van der Waals surface area contributed by atoms with Gasteiger partial charge < -0.3 is 20.1 Å². The van der Waals surface area contributed by atoms with Gasteiger partial charge in [-0.2, -0.15) is 0 Å². The highest BCUT2D eigenvalue weighted by atomic mass is 16.6. The molecule has 0 bridgehead atoms. The van der Waals surface area contributed by atoms with Crippen LogP contribution >= 0.6 is 0 Å². The van der Waals surface area contributed by atoms with Crippen molar-refractivity contribution >= 4 is 6.09 Å². The number of ether oxygens (including phenoxy) is 1. The Morgan fingerprint density at radius 1 is 1.41 bits per heavy atom. The maximum Gasteiger partial charge on any atom is 0.410 e. The monoisotopic (exact) mass is 244 g/mol. The average molecular weight is 244 g/mol. The molecule has 0 saturated carbocycles. The van der Waals surface area contributed by atoms with E-state index in [9.17, 15) is 9.90 Å². The standard InChI is InChI=1S/C12H24N2O3/c1-8(2)13-9-6-14(7-10(9)15)11(16)17-12(3,4)5/h8-10,13,15H,6-7H2,1-5H3/t9-,10-/m1/s1. The minimum atomic E-state index is -0.523. The van der Waals surface area contributed by atoms with Gasteiger partial charge in [-0.25, -0.2) is 4.79 Å². The first kappa shape index (κ1) is 14.3. The summed E-state index contributed by atoms with van der Waals surface area (Å²) < 4.78 is 5.27. The first-order chi connectivity index (χ1) is 7.69. The van der Waals surface area contributed by atoms with Crippen LogP contribution in [-0.2, 0) is 4.74 Å². The first-order valence-electron chi connectivity index (χ1n) is 6.11. The zero-order valence-corrected chi connectivity index (χ0v) is 11.4. The number of nitrogens with zero attached hydrogens (tertiary/aromatic N) is 1. The van der Waals surface area contributed by atoms with Crippen LogP contribution in [0, 0.1) is 0 Å². The molecular formula is C12H24N2O3. The number of carbonyl (C=O) groups is 1. The maximum absolute atomic E-state index is 11.8. The summed E-state index contributed by atoms with van der Waals surface area (Å²) in [4.78, 5) is 13.4. The zero-order chi connectivity index (χ0) is 13.2. The Labute approximate surface area is 103 Å². The Hall–Kier alpha value is -0.810. The molecule has 1 saturated heterocycles. The number of nitrogens with one attached hydrogen (secondary N) is 1. The van der Waals surface area contributed by atoms with Crippen LogP contribution in [0.25, 0.3) is 0 Å². The lowest BCUT2D eigenvalue weighted by atomic mass is 10.2. The third kappa shape index (κ3) is 4.52. The third-order valence-corrected chi connectivity index (χ3v) is 2.49. The number of carbonyl (C=O) groups excluding carboxylic acids is 1. The summed E-state index contributed by atoms with van der Waals surface area (Å²) in [6, 6.07) is 0.218. The molecule has 0 aromatic rings. The molecule has 0 aromatic carbocycles. The van der Waals surface area contributed by atoms with Crippen LogP contribution in [0.2, 0.25) is 0 Å². The van der Waals surface area contributed by atoms with Gasteiger partial charge >= 0.3 is 6.09 Å². The molecule has 2 atom stereocenters. The van der Waals surface area contributed by atoms with Crippen LogP contribution < -0.4 is 5.32 Å². The van der Waals surface area contributed by atoms with Gasteiger partial charge in [0.15, 0.2) is 0 Å². The van der Waals surface area contributed by atoms with Gasteiger partial charge in [0.1, 0.15) is 5.60 Å². The Morgan fingerprint density at radius 2 is 2.00 bits per heavy atom. The molecule has 0 aromatic heterocycles. The van der Waals surface area contributed by atoms with E-state index in [1.54, 1.807) is 4.90 Å². The fourth-order valence-electron chi connectivity index (χ4n) is 1.85. The molecule has 1 fully saturated rings. The smallest absolute Gasteiger partial charge is 0.410 e. The van der Waals surface area contributed by atoms with Gasteiger partial charge in [-0.3, -0.25) is 0 Å². The van der Waals surface area contributed by atoms with E-state index in [0.717, 1.165) is 0 Å². The van der Waals surface area contributed by atoms with Gasteiger partial charge in [-0.05, 0) is 20.8 Å². The highest BCUT2D eigenvalue weighted by molar-refractivity contribution is 5.68. The van der Waals surface area contributed by atoms with E-state index in [-0.39, 0.29) is 18.2 Å². The predicted molar refractivity (Wildman–Crippen MR) is 65.9 cm³/mol. The molecule has 0 radical (unpaired) electrons. The van der Waals surface area contributed by atoms with Crippen molar-refractivity contribution in [3.05, 3.63) is 0 Å². The molecule has 1 aliphatic heterocycles. The Balaban J connectivity index is 2.51. The predicted octanol–water partition coefficient (Wildman–Crippen LogP) is 0.965. The molecule has 0 spiro atoms. The second-order valence-electron chi connectivity index (χ2n) is 5.88. The van der Waals surface area contributed by atoms with Crippen molar-refractivity contribution in [2.75, 3.05) is 13.1 Å². The summed E-state index contributed by atoms with van der Waals surface area (Å²) in [6.45, 7) is 10.4. The maximum atomic E-state index is 11.8. The average Bonchev–Trinajstić information content (AvgIpc) is 2.44. The number of aliphatic hydroxyl groups excluding tert-OH is 1. The second-order valence-corrected chi connectivity index (χ2v) is 5.88. The topological polar surface area (TPSA) is 61.8 Å². The highest BCUT2D eigenvalue weighted by Gasteiger charge is 2.36. The lowest BCUT2D eigenvalue weighted by Crippen LogP contribution is -2.43. The van der Waals surface area contributed by atoms with E-state index < -0.39 is 11.7 Å². The van der Waals surface area contributed by atoms with E-state index in [0.29, 0.717) is 13.1 Å². The molecule has 5 nitrogen and oxygen atoms in total. The number of hydrogen-bond acceptors (Lipinski definition) is 4. The van der Waals surface area contributed by atoms with Crippen molar-refractivity contribution in [2.45, 2.75) is 58.4 Å². The number of rotatable bonds is 2. The Morgan fingerprint density at radius 3 is 2.47 bits per heavy atom. The molecule has 5 heteroatoms. The van der Waals surface area contributed by atoms with Gasteiger partial charge in [0.05, 0.1) is 18.7 Å². The van der Waals surface area contributed by atoms with Crippen LogP contribution in [0.4, 0.5) is 4.79 Å². The molecule has 2 N–H and O–H groups in total. The van der Waals surface area contributed by atoms with E-state index in [2.05, 4.69) is 5.32 Å². The summed E-state index contributed by atoms with van der Waals surface area (Å²) in [5.74, 6) is 0. The number of β-amino-alcohol motifs (C(OH)–C–C–N with tert-alkyl or cyclic N) is 1. The lowest BCUT2D eigenvalue weighted by Gasteiger charge is -2.24. The largest absolute Gasteiger partial charge is 0.444 e. The Bertz CT molecular complexity index is 273. The molecular weight excluding hydrogens is 220 g/mol. The minimum Gasteiger partial charge on any atom is -0.444 e. The molecule has 0 unspecified atom stereocenters. The van der Waals surface area contributed by atoms with Gasteiger partial charge in [0.25, 0.3) is 0 Å². The van der Waals surface area contributed by atoms with Crippen LogP contribution in [0.1, 0.15) is 34.6 Å². The van der Waals surface area contributed by atoms with Crippen molar-refractivity contribution in [1.29, 1.82) is 0 Å². The van der Waals surface area contributed by atoms with Gasteiger partial charge in [-0.15, -0.1) is 0 Å². The van der Waals surface area contributed by atoms with Gasteiger partial charge in [0.2, 0.25) is 0 Å². The van der Waals surface area contributed by atoms with Crippen molar-refractivity contribution in [3.63, 3.8) is 0 Å². The van der Waals surface area contributed by atoms with Crippen molar-refractivity contribution < 1.29 is 14.6 Å². The van der Waals surface area contributed by atoms with Crippen LogP contribution in [0.15, 0.2) is 0 Å². The number of hydrogen-bond donors (Lipinski definition) is 2. The molecule has 1 heterocycles. The number of likely N-dealkylation sites (tertiary alicyclic amines) is 1. The first-order valence-corrected chi connectivity index (χ1v) is 6.11. The summed E-state index contributed by atoms with van der Waals surface area (Å²) in [6.07, 6.45) is -0.880. The number of amides is 1. The summed E-state index contributed by atoms with van der Waals surface area (Å²) >= 11 is 0. The van der Waals surface area contributed by atoms with Crippen LogP contribution in [0.3, 0.4) is 0 Å². The number of aliphatic hydroxyl groups is 1. The normalized spacial score (nSPS) is 25.5. The molecule has 1 aliphatic rings. The van der Waals surface area contributed by atoms with Crippen molar-refractivity contribution in [3.8, 4) is 0 Å². The highest BCUT2D eigenvalue weighted by Crippen LogP contribution is 2.16. The minimum absolute atomic E-state index is 0.0671. The van der Waals surface area contributed by atoms with Gasteiger partial charge in [-0.1, -0.05) is 13.8 Å². The summed E-state index contributed by atoms with van der Waals surface area (Å²) in [5, 5.41) is 13.1. The zero-order valence-electron chi connectivity index (χ0n) is 11.4. The van der Waals surface area contributed by atoms with E-state index >= 15 is 0 Å². The van der Waals surface area contributed by atoms with Crippen molar-refractivity contribution in [2.24, 2.45) is 0 Å².